The summed E-state index contributed by atoms with van der Waals surface area (Å²) in [4.78, 5) is 15.8. The summed E-state index contributed by atoms with van der Waals surface area (Å²) in [5.74, 6) is 0. The Morgan fingerprint density at radius 3 is 1.79 bits per heavy atom. The van der Waals surface area contributed by atoms with Crippen LogP contribution in [0.2, 0.25) is 13.3 Å². The van der Waals surface area contributed by atoms with Crippen molar-refractivity contribution in [2.24, 2.45) is 0 Å². The topological polar surface area (TPSA) is 61.6 Å². The van der Waals surface area contributed by atoms with Crippen molar-refractivity contribution in [1.29, 1.82) is 0 Å². The van der Waals surface area contributed by atoms with Crippen molar-refractivity contribution in [2.45, 2.75) is 110 Å². The summed E-state index contributed by atoms with van der Waals surface area (Å²) >= 11 is -2.72. The zero-order chi connectivity index (χ0) is 17.8. The van der Waals surface area contributed by atoms with Gasteiger partial charge in [0.15, 0.2) is 0 Å². The van der Waals surface area contributed by atoms with E-state index in [1.165, 1.54) is 51.8 Å². The van der Waals surface area contributed by atoms with E-state index in [-0.39, 0.29) is 12.2 Å². The predicted octanol–water partition coefficient (Wildman–Crippen LogP) is 5.87. The summed E-state index contributed by atoms with van der Waals surface area (Å²) in [6.45, 7) is 6.74. The molecule has 142 valence electrons. The van der Waals surface area contributed by atoms with E-state index in [0.29, 0.717) is 0 Å². The van der Waals surface area contributed by atoms with Gasteiger partial charge in [-0.25, -0.2) is 0 Å². The van der Waals surface area contributed by atoms with Crippen molar-refractivity contribution in [3.63, 3.8) is 0 Å². The van der Waals surface area contributed by atoms with Crippen molar-refractivity contribution in [2.75, 3.05) is 0 Å². The Bertz CT molecular complexity index is 332. The molecule has 24 heavy (non-hydrogen) atoms. The molecule has 0 aliphatic heterocycles. The average Bonchev–Trinajstić information content (AvgIpc) is 2.57. The molecule has 1 saturated carbocycles. The van der Waals surface area contributed by atoms with Gasteiger partial charge < -0.3 is 0 Å². The molecular weight excluding hydrogens is 413 g/mol. The Labute approximate surface area is 152 Å². The molecule has 0 aromatic carbocycles. The van der Waals surface area contributed by atoms with E-state index in [4.69, 9.17) is 7.91 Å². The van der Waals surface area contributed by atoms with Crippen LogP contribution < -0.4 is 0 Å². The van der Waals surface area contributed by atoms with Gasteiger partial charge in [-0.2, -0.15) is 0 Å². The minimum atomic E-state index is -2.72. The Kier molecular flexibility index (Phi) is 11.3. The van der Waals surface area contributed by atoms with E-state index in [1.807, 2.05) is 0 Å². The molecule has 1 aliphatic rings. The molecule has 0 unspecified atom stereocenters. The van der Waals surface area contributed by atoms with Crippen LogP contribution >= 0.6 is 0 Å². The van der Waals surface area contributed by atoms with E-state index in [0.717, 1.165) is 25.7 Å². The second-order valence-corrected chi connectivity index (χ2v) is 19.0. The van der Waals surface area contributed by atoms with Gasteiger partial charge in [-0.05, 0) is 0 Å². The van der Waals surface area contributed by atoms with Gasteiger partial charge in [-0.3, -0.25) is 0 Å². The van der Waals surface area contributed by atoms with Gasteiger partial charge in [0.2, 0.25) is 0 Å². The first kappa shape index (κ1) is 22.0. The molecule has 1 aliphatic carbocycles. The van der Waals surface area contributed by atoms with Crippen molar-refractivity contribution >= 4 is 18.8 Å². The molecule has 1 fully saturated rings. The molecule has 0 heterocycles. The third-order valence-electron chi connectivity index (χ3n) is 5.22. The molecule has 0 N–H and O–H groups in total. The Balaban J connectivity index is 2.85. The van der Waals surface area contributed by atoms with E-state index in [2.05, 4.69) is 20.8 Å². The molecule has 0 radical (unpaired) electrons. The van der Waals surface area contributed by atoms with Crippen LogP contribution in [-0.2, 0) is 7.91 Å². The van der Waals surface area contributed by atoms with Crippen LogP contribution in [0.3, 0.4) is 0 Å². The third-order valence-corrected chi connectivity index (χ3v) is 18.3. The fourth-order valence-electron chi connectivity index (χ4n) is 3.80. The zero-order valence-corrected chi connectivity index (χ0v) is 18.8. The molecule has 0 amide bonds. The zero-order valence-electron chi connectivity index (χ0n) is 15.9. The van der Waals surface area contributed by atoms with Crippen molar-refractivity contribution in [3.8, 4) is 0 Å². The Morgan fingerprint density at radius 2 is 1.38 bits per heavy atom. The fraction of sp³-hybridized carbons (Fsp3) is 1.00. The van der Waals surface area contributed by atoms with Gasteiger partial charge in [-0.15, -0.1) is 0 Å². The van der Waals surface area contributed by atoms with Crippen molar-refractivity contribution < 1.29 is 13.0 Å². The number of hydrogen-bond donors (Lipinski definition) is 0. The van der Waals surface area contributed by atoms with Crippen LogP contribution in [0.15, 0.2) is 0 Å². The van der Waals surface area contributed by atoms with Crippen LogP contribution in [0.1, 0.15) is 85.0 Å². The first-order valence-electron chi connectivity index (χ1n) is 10.1. The first-order chi connectivity index (χ1) is 11.6. The van der Waals surface area contributed by atoms with Gasteiger partial charge in [0.05, 0.1) is 0 Å². The first-order valence-corrected chi connectivity index (χ1v) is 17.3. The summed E-state index contributed by atoms with van der Waals surface area (Å²) < 4.78 is 10.7. The molecule has 0 spiro atoms. The molecule has 6 heteroatoms. The second-order valence-electron chi connectivity index (χ2n) is 7.30. The quantitative estimate of drug-likeness (QED) is 0.200. The van der Waals surface area contributed by atoms with Gasteiger partial charge in [0, 0.05) is 0 Å². The Hall–Kier alpha value is -0.0413. The fourth-order valence-corrected chi connectivity index (χ4v) is 18.1. The SMILES string of the molecule is CCC[CH2][Sn]([CH2]CCC)([CH2]CCC)[O][C@@H]1CCCC[C@H]1O[N+](=O)[O-]. The van der Waals surface area contributed by atoms with Crippen LogP contribution in [-0.4, -0.2) is 36.1 Å². The van der Waals surface area contributed by atoms with E-state index in [9.17, 15) is 10.1 Å². The summed E-state index contributed by atoms with van der Waals surface area (Å²) in [6, 6.07) is 0. The molecule has 0 saturated heterocycles. The molecular formula is C18H37NO4Sn. The second kappa shape index (κ2) is 12.3. The van der Waals surface area contributed by atoms with Crippen molar-refractivity contribution in [3.05, 3.63) is 10.1 Å². The van der Waals surface area contributed by atoms with Crippen molar-refractivity contribution in [1.82, 2.24) is 0 Å². The normalized spacial score (nSPS) is 21.6. The molecule has 0 bridgehead atoms. The van der Waals surface area contributed by atoms with Crippen LogP contribution in [0, 0.1) is 10.1 Å². The number of nitrogens with zero attached hydrogens (tertiary/aromatic N) is 1. The molecule has 5 nitrogen and oxygen atoms in total. The molecule has 0 aromatic heterocycles. The number of rotatable bonds is 13. The monoisotopic (exact) mass is 451 g/mol. The summed E-state index contributed by atoms with van der Waals surface area (Å²) in [6.07, 6.45) is 10.8. The molecule has 1 rings (SSSR count). The third kappa shape index (κ3) is 7.89. The van der Waals surface area contributed by atoms with E-state index in [1.54, 1.807) is 0 Å². The average molecular weight is 450 g/mol. The van der Waals surface area contributed by atoms with E-state index < -0.39 is 23.9 Å². The maximum absolute atomic E-state index is 10.8. The maximum atomic E-state index is 10.8. The van der Waals surface area contributed by atoms with E-state index >= 15 is 0 Å². The predicted molar refractivity (Wildman–Crippen MR) is 100 cm³/mol. The standard InChI is InChI=1S/C6H10NO4.3C4H9.Sn/c8-5-3-1-2-4-6(5)11-7(9)10;3*1-3-4-2;/h5-6H,1-4H2;3*1,3-4H2,2H3;/q-1;;;;+1/t5-,6-;;;;/m1..../s1. The Morgan fingerprint density at radius 1 is 0.917 bits per heavy atom. The van der Waals surface area contributed by atoms with Gasteiger partial charge in [0.1, 0.15) is 0 Å². The van der Waals surface area contributed by atoms with Crippen LogP contribution in [0.4, 0.5) is 0 Å². The summed E-state index contributed by atoms with van der Waals surface area (Å²) in [7, 11) is 0. The molecule has 2 atom stereocenters. The number of hydrogen-bond acceptors (Lipinski definition) is 4. The summed E-state index contributed by atoms with van der Waals surface area (Å²) in [5, 5.41) is 10.2. The minimum absolute atomic E-state index is 0.0366. The van der Waals surface area contributed by atoms with Gasteiger partial charge in [-0.1, -0.05) is 0 Å². The molecule has 0 aromatic rings. The van der Waals surface area contributed by atoms with Gasteiger partial charge in [0.25, 0.3) is 0 Å². The number of unbranched alkanes of at least 4 members (excludes halogenated alkanes) is 3. The van der Waals surface area contributed by atoms with Gasteiger partial charge >= 0.3 is 152 Å². The van der Waals surface area contributed by atoms with Crippen LogP contribution in [0.25, 0.3) is 0 Å². The summed E-state index contributed by atoms with van der Waals surface area (Å²) in [5.41, 5.74) is 0. The van der Waals surface area contributed by atoms with Crippen LogP contribution in [0.5, 0.6) is 0 Å².